The average molecular weight is 457 g/mol. The van der Waals surface area contributed by atoms with Crippen LogP contribution in [0.4, 0.5) is 11.4 Å². The van der Waals surface area contributed by atoms with Gasteiger partial charge in [-0.05, 0) is 68.4 Å². The highest BCUT2D eigenvalue weighted by atomic mass is 35.5. The summed E-state index contributed by atoms with van der Waals surface area (Å²) in [6.07, 6.45) is -0.784. The van der Waals surface area contributed by atoms with Crippen molar-refractivity contribution in [2.24, 2.45) is 0 Å². The first-order valence-corrected chi connectivity index (χ1v) is 10.5. The number of carbonyl (C=O) groups is 2. The molecule has 0 aliphatic carbocycles. The fourth-order valence-electron chi connectivity index (χ4n) is 2.96. The zero-order valence-corrected chi connectivity index (χ0v) is 18.7. The number of nitrogens with one attached hydrogen (secondary N) is 1. The largest absolute Gasteiger partial charge is 0.479 e. The number of hydrogen-bond donors (Lipinski definition) is 1. The Bertz CT molecular complexity index is 1060. The molecule has 5 nitrogen and oxygen atoms in total. The fraction of sp³-hybridized carbons (Fsp3) is 0.167. The number of carbonyl (C=O) groups excluding carboxylic acids is 2. The molecule has 0 saturated carbocycles. The summed E-state index contributed by atoms with van der Waals surface area (Å²) in [5.74, 6) is -0.0829. The number of nitrogens with zero attached hydrogens (tertiary/aromatic N) is 1. The van der Waals surface area contributed by atoms with E-state index in [1.165, 1.54) is 0 Å². The maximum absolute atomic E-state index is 12.9. The molecule has 0 bridgehead atoms. The Labute approximate surface area is 191 Å². The molecule has 1 atom stereocenters. The lowest BCUT2D eigenvalue weighted by Gasteiger charge is -2.21. The van der Waals surface area contributed by atoms with Gasteiger partial charge in [-0.15, -0.1) is 0 Å². The molecule has 3 aromatic rings. The summed E-state index contributed by atoms with van der Waals surface area (Å²) in [4.78, 5) is 27.0. The Morgan fingerprint density at radius 2 is 1.68 bits per heavy atom. The molecule has 0 aliphatic rings. The summed E-state index contributed by atoms with van der Waals surface area (Å²) in [6.45, 7) is 4.09. The molecule has 160 valence electrons. The van der Waals surface area contributed by atoms with Crippen LogP contribution in [-0.2, 0) is 4.79 Å². The van der Waals surface area contributed by atoms with E-state index in [1.54, 1.807) is 54.3 Å². The van der Waals surface area contributed by atoms with Crippen LogP contribution in [0, 0.1) is 0 Å². The Balaban J connectivity index is 1.64. The number of halogens is 2. The van der Waals surface area contributed by atoms with Crippen LogP contribution in [0.1, 0.15) is 24.2 Å². The quantitative estimate of drug-likeness (QED) is 0.469. The van der Waals surface area contributed by atoms with Crippen molar-refractivity contribution < 1.29 is 14.3 Å². The monoisotopic (exact) mass is 456 g/mol. The number of para-hydroxylation sites is 1. The standard InChI is InChI=1S/C24H22Cl2N2O3/c1-3-28(20-7-5-4-6-8-20)24(30)17-9-12-19(13-10-17)27-23(29)16(2)31-22-14-11-18(25)15-21(22)26/h4-16H,3H2,1-2H3,(H,27,29). The molecular weight excluding hydrogens is 435 g/mol. The lowest BCUT2D eigenvalue weighted by Crippen LogP contribution is -2.31. The minimum Gasteiger partial charge on any atom is -0.479 e. The Morgan fingerprint density at radius 3 is 2.29 bits per heavy atom. The van der Waals surface area contributed by atoms with E-state index < -0.39 is 6.10 Å². The third kappa shape index (κ3) is 5.78. The summed E-state index contributed by atoms with van der Waals surface area (Å²) in [7, 11) is 0. The van der Waals surface area contributed by atoms with Crippen LogP contribution in [0.2, 0.25) is 10.0 Å². The molecule has 7 heteroatoms. The number of benzene rings is 3. The Kier molecular flexibility index (Phi) is 7.55. The minimum atomic E-state index is -0.784. The van der Waals surface area contributed by atoms with Crippen molar-refractivity contribution in [1.29, 1.82) is 0 Å². The van der Waals surface area contributed by atoms with Crippen LogP contribution >= 0.6 is 23.2 Å². The lowest BCUT2D eigenvalue weighted by atomic mass is 10.1. The van der Waals surface area contributed by atoms with Crippen molar-refractivity contribution in [2.45, 2.75) is 20.0 Å². The van der Waals surface area contributed by atoms with Gasteiger partial charge in [0.25, 0.3) is 11.8 Å². The van der Waals surface area contributed by atoms with Crippen LogP contribution in [0.5, 0.6) is 5.75 Å². The molecule has 2 amide bonds. The van der Waals surface area contributed by atoms with Gasteiger partial charge in [0.2, 0.25) is 0 Å². The van der Waals surface area contributed by atoms with E-state index in [1.807, 2.05) is 37.3 Å². The van der Waals surface area contributed by atoms with E-state index in [-0.39, 0.29) is 11.8 Å². The SMILES string of the molecule is CCN(C(=O)c1ccc(NC(=O)C(C)Oc2ccc(Cl)cc2Cl)cc1)c1ccccc1. The van der Waals surface area contributed by atoms with Crippen LogP contribution in [-0.4, -0.2) is 24.5 Å². The van der Waals surface area contributed by atoms with Gasteiger partial charge in [-0.2, -0.15) is 0 Å². The highest BCUT2D eigenvalue weighted by Crippen LogP contribution is 2.28. The highest BCUT2D eigenvalue weighted by Gasteiger charge is 2.18. The van der Waals surface area contributed by atoms with E-state index in [9.17, 15) is 9.59 Å². The van der Waals surface area contributed by atoms with Crippen molar-refractivity contribution in [1.82, 2.24) is 0 Å². The number of amides is 2. The minimum absolute atomic E-state index is 0.111. The maximum atomic E-state index is 12.9. The molecule has 1 N–H and O–H groups in total. The maximum Gasteiger partial charge on any atom is 0.265 e. The third-order valence-electron chi connectivity index (χ3n) is 4.60. The average Bonchev–Trinajstić information content (AvgIpc) is 2.77. The molecule has 31 heavy (non-hydrogen) atoms. The van der Waals surface area contributed by atoms with E-state index in [2.05, 4.69) is 5.32 Å². The smallest absolute Gasteiger partial charge is 0.265 e. The number of hydrogen-bond acceptors (Lipinski definition) is 3. The first-order valence-electron chi connectivity index (χ1n) is 9.78. The van der Waals surface area contributed by atoms with Gasteiger partial charge in [-0.3, -0.25) is 9.59 Å². The molecule has 3 rings (SSSR count). The van der Waals surface area contributed by atoms with Crippen LogP contribution in [0.25, 0.3) is 0 Å². The second-order valence-corrected chi connectivity index (χ2v) is 7.63. The van der Waals surface area contributed by atoms with E-state index in [4.69, 9.17) is 27.9 Å². The molecule has 1 unspecified atom stereocenters. The zero-order valence-electron chi connectivity index (χ0n) is 17.1. The second kappa shape index (κ2) is 10.3. The van der Waals surface area contributed by atoms with Crippen molar-refractivity contribution in [3.63, 3.8) is 0 Å². The van der Waals surface area contributed by atoms with Gasteiger partial charge in [0.15, 0.2) is 6.10 Å². The summed E-state index contributed by atoms with van der Waals surface area (Å²) in [6, 6.07) is 21.0. The molecule has 3 aromatic carbocycles. The van der Waals surface area contributed by atoms with Gasteiger partial charge >= 0.3 is 0 Å². The van der Waals surface area contributed by atoms with Crippen molar-refractivity contribution in [2.75, 3.05) is 16.8 Å². The molecule has 0 spiro atoms. The first kappa shape index (κ1) is 22.7. The summed E-state index contributed by atoms with van der Waals surface area (Å²) >= 11 is 12.0. The van der Waals surface area contributed by atoms with Crippen LogP contribution in [0.15, 0.2) is 72.8 Å². The topological polar surface area (TPSA) is 58.6 Å². The van der Waals surface area contributed by atoms with E-state index in [0.717, 1.165) is 5.69 Å². The van der Waals surface area contributed by atoms with Gasteiger partial charge in [0, 0.05) is 28.5 Å². The zero-order chi connectivity index (χ0) is 22.4. The lowest BCUT2D eigenvalue weighted by molar-refractivity contribution is -0.122. The molecule has 0 fully saturated rings. The summed E-state index contributed by atoms with van der Waals surface area (Å²) in [5.41, 5.74) is 1.92. The Morgan fingerprint density at radius 1 is 1.00 bits per heavy atom. The number of rotatable bonds is 7. The van der Waals surface area contributed by atoms with Crippen LogP contribution in [0.3, 0.4) is 0 Å². The van der Waals surface area contributed by atoms with Gasteiger partial charge in [0.05, 0.1) is 5.02 Å². The van der Waals surface area contributed by atoms with Crippen molar-refractivity contribution in [3.8, 4) is 5.75 Å². The first-order chi connectivity index (χ1) is 14.9. The molecule has 0 radical (unpaired) electrons. The fourth-order valence-corrected chi connectivity index (χ4v) is 3.42. The van der Waals surface area contributed by atoms with Gasteiger partial charge in [-0.1, -0.05) is 41.4 Å². The molecule has 0 heterocycles. The summed E-state index contributed by atoms with van der Waals surface area (Å²) in [5, 5.41) is 3.59. The third-order valence-corrected chi connectivity index (χ3v) is 5.13. The summed E-state index contributed by atoms with van der Waals surface area (Å²) < 4.78 is 5.63. The van der Waals surface area contributed by atoms with Crippen molar-refractivity contribution in [3.05, 3.63) is 88.4 Å². The number of anilines is 2. The van der Waals surface area contributed by atoms with Crippen molar-refractivity contribution >= 4 is 46.4 Å². The molecule has 0 saturated heterocycles. The predicted molar refractivity (Wildman–Crippen MR) is 125 cm³/mol. The Hall–Kier alpha value is -3.02. The second-order valence-electron chi connectivity index (χ2n) is 6.79. The highest BCUT2D eigenvalue weighted by molar-refractivity contribution is 6.35. The van der Waals surface area contributed by atoms with E-state index >= 15 is 0 Å². The van der Waals surface area contributed by atoms with E-state index in [0.29, 0.717) is 33.6 Å². The predicted octanol–water partition coefficient (Wildman–Crippen LogP) is 6.07. The van der Waals surface area contributed by atoms with Gasteiger partial charge in [0.1, 0.15) is 5.75 Å². The van der Waals surface area contributed by atoms with Gasteiger partial charge in [-0.25, -0.2) is 0 Å². The molecule has 0 aliphatic heterocycles. The molecular formula is C24H22Cl2N2O3. The normalized spacial score (nSPS) is 11.5. The van der Waals surface area contributed by atoms with Crippen LogP contribution < -0.4 is 15.0 Å². The molecule has 0 aromatic heterocycles. The van der Waals surface area contributed by atoms with Gasteiger partial charge < -0.3 is 15.0 Å². The number of ether oxygens (including phenoxy) is 1.